The molecule has 0 fully saturated rings. The Morgan fingerprint density at radius 1 is 1.32 bits per heavy atom. The Morgan fingerprint density at radius 2 is 2.07 bits per heavy atom. The SMILES string of the molecule is COCC(C)n1c(C)cc(C(=O)CSc2nnc(-c3sc(C)nc3C)o2)c1C. The Labute approximate surface area is 172 Å². The number of thiazole rings is 1. The number of ketones is 1. The van der Waals surface area contributed by atoms with E-state index in [2.05, 4.69) is 26.7 Å². The highest BCUT2D eigenvalue weighted by Crippen LogP contribution is 2.31. The van der Waals surface area contributed by atoms with Crippen LogP contribution in [0.4, 0.5) is 0 Å². The van der Waals surface area contributed by atoms with Crippen molar-refractivity contribution in [1.82, 2.24) is 19.7 Å². The van der Waals surface area contributed by atoms with Gasteiger partial charge < -0.3 is 13.7 Å². The minimum atomic E-state index is 0.0403. The predicted octanol–water partition coefficient (Wildman–Crippen LogP) is 4.41. The van der Waals surface area contributed by atoms with Gasteiger partial charge in [-0.2, -0.15) is 0 Å². The van der Waals surface area contributed by atoms with Crippen molar-refractivity contribution in [2.75, 3.05) is 19.5 Å². The summed E-state index contributed by atoms with van der Waals surface area (Å²) in [5.41, 5.74) is 3.60. The van der Waals surface area contributed by atoms with Crippen molar-refractivity contribution < 1.29 is 13.9 Å². The number of carbonyl (C=O) groups is 1. The fraction of sp³-hybridized carbons (Fsp3) is 0.474. The molecule has 3 aromatic rings. The second-order valence-corrected chi connectivity index (χ2v) is 8.82. The lowest BCUT2D eigenvalue weighted by atomic mass is 10.2. The second kappa shape index (κ2) is 8.59. The van der Waals surface area contributed by atoms with Crippen molar-refractivity contribution in [3.8, 4) is 10.8 Å². The fourth-order valence-corrected chi connectivity index (χ4v) is 4.84. The smallest absolute Gasteiger partial charge is 0.277 e. The van der Waals surface area contributed by atoms with Gasteiger partial charge in [0.1, 0.15) is 4.88 Å². The molecular formula is C19H24N4O3S2. The number of rotatable bonds is 8. The first-order valence-electron chi connectivity index (χ1n) is 8.93. The Kier molecular flexibility index (Phi) is 6.36. The molecule has 0 radical (unpaired) electrons. The number of aromatic nitrogens is 4. The van der Waals surface area contributed by atoms with E-state index in [1.807, 2.05) is 33.8 Å². The molecule has 0 N–H and O–H groups in total. The minimum Gasteiger partial charge on any atom is -0.410 e. The highest BCUT2D eigenvalue weighted by molar-refractivity contribution is 7.99. The van der Waals surface area contributed by atoms with Crippen LogP contribution in [-0.2, 0) is 4.74 Å². The highest BCUT2D eigenvalue weighted by atomic mass is 32.2. The van der Waals surface area contributed by atoms with Gasteiger partial charge in [-0.3, -0.25) is 4.79 Å². The van der Waals surface area contributed by atoms with Gasteiger partial charge in [0.05, 0.1) is 29.1 Å². The first-order chi connectivity index (χ1) is 13.3. The van der Waals surface area contributed by atoms with E-state index >= 15 is 0 Å². The first kappa shape index (κ1) is 20.8. The molecule has 0 saturated heterocycles. The van der Waals surface area contributed by atoms with E-state index in [0.29, 0.717) is 17.7 Å². The highest BCUT2D eigenvalue weighted by Gasteiger charge is 2.20. The number of nitrogens with zero attached hydrogens (tertiary/aromatic N) is 4. The van der Waals surface area contributed by atoms with Gasteiger partial charge in [-0.15, -0.1) is 21.5 Å². The molecule has 0 amide bonds. The van der Waals surface area contributed by atoms with Crippen molar-refractivity contribution >= 4 is 28.9 Å². The summed E-state index contributed by atoms with van der Waals surface area (Å²) in [6, 6.07) is 2.11. The van der Waals surface area contributed by atoms with Crippen LogP contribution in [0, 0.1) is 27.7 Å². The molecule has 0 saturated carbocycles. The quantitative estimate of drug-likeness (QED) is 0.394. The van der Waals surface area contributed by atoms with E-state index < -0.39 is 0 Å². The first-order valence-corrected chi connectivity index (χ1v) is 10.7. The lowest BCUT2D eigenvalue weighted by Crippen LogP contribution is -2.14. The van der Waals surface area contributed by atoms with Crippen LogP contribution >= 0.6 is 23.1 Å². The van der Waals surface area contributed by atoms with Gasteiger partial charge in [0, 0.05) is 24.1 Å². The summed E-state index contributed by atoms with van der Waals surface area (Å²) in [5, 5.41) is 9.49. The normalized spacial score (nSPS) is 12.5. The number of thioether (sulfide) groups is 1. The topological polar surface area (TPSA) is 83.0 Å². The van der Waals surface area contributed by atoms with E-state index in [0.717, 1.165) is 32.5 Å². The maximum atomic E-state index is 12.8. The van der Waals surface area contributed by atoms with Crippen LogP contribution in [0.1, 0.15) is 45.4 Å². The fourth-order valence-electron chi connectivity index (χ4n) is 3.35. The lowest BCUT2D eigenvalue weighted by Gasteiger charge is -2.17. The van der Waals surface area contributed by atoms with E-state index in [1.54, 1.807) is 7.11 Å². The summed E-state index contributed by atoms with van der Waals surface area (Å²) in [6.45, 7) is 10.5. The number of hydrogen-bond donors (Lipinski definition) is 0. The summed E-state index contributed by atoms with van der Waals surface area (Å²) >= 11 is 2.77. The van der Waals surface area contributed by atoms with Crippen LogP contribution in [0.15, 0.2) is 15.7 Å². The van der Waals surface area contributed by atoms with Crippen LogP contribution in [0.25, 0.3) is 10.8 Å². The molecule has 1 atom stereocenters. The Morgan fingerprint density at radius 3 is 2.71 bits per heavy atom. The van der Waals surface area contributed by atoms with Gasteiger partial charge in [0.15, 0.2) is 5.78 Å². The van der Waals surface area contributed by atoms with Crippen LogP contribution in [0.2, 0.25) is 0 Å². The lowest BCUT2D eigenvalue weighted by molar-refractivity contribution is 0.102. The monoisotopic (exact) mass is 420 g/mol. The van der Waals surface area contributed by atoms with Crippen molar-refractivity contribution in [3.63, 3.8) is 0 Å². The summed E-state index contributed by atoms with van der Waals surface area (Å²) in [4.78, 5) is 18.0. The number of ether oxygens (including phenoxy) is 1. The largest absolute Gasteiger partial charge is 0.410 e. The van der Waals surface area contributed by atoms with Crippen molar-refractivity contribution in [3.05, 3.63) is 33.7 Å². The molecule has 0 aliphatic heterocycles. The van der Waals surface area contributed by atoms with Crippen LogP contribution < -0.4 is 0 Å². The van der Waals surface area contributed by atoms with Crippen LogP contribution in [0.3, 0.4) is 0 Å². The summed E-state index contributed by atoms with van der Waals surface area (Å²) in [6.07, 6.45) is 0. The predicted molar refractivity (Wildman–Crippen MR) is 110 cm³/mol. The molecule has 3 rings (SSSR count). The Hall–Kier alpha value is -1.97. The van der Waals surface area contributed by atoms with Gasteiger partial charge in [-0.25, -0.2) is 4.98 Å². The molecule has 0 aliphatic carbocycles. The molecule has 3 heterocycles. The van der Waals surface area contributed by atoms with E-state index in [-0.39, 0.29) is 17.6 Å². The van der Waals surface area contributed by atoms with Gasteiger partial charge >= 0.3 is 0 Å². The zero-order valence-electron chi connectivity index (χ0n) is 16.9. The van der Waals surface area contributed by atoms with Gasteiger partial charge in [0.25, 0.3) is 11.1 Å². The average Bonchev–Trinajstić information content (AvgIpc) is 3.30. The van der Waals surface area contributed by atoms with E-state index in [1.165, 1.54) is 23.1 Å². The average molecular weight is 421 g/mol. The molecule has 0 bridgehead atoms. The molecular weight excluding hydrogens is 396 g/mol. The minimum absolute atomic E-state index is 0.0403. The molecule has 0 spiro atoms. The zero-order valence-corrected chi connectivity index (χ0v) is 18.5. The molecule has 7 nitrogen and oxygen atoms in total. The van der Waals surface area contributed by atoms with Crippen LogP contribution in [-0.4, -0.2) is 45.0 Å². The van der Waals surface area contributed by atoms with Crippen molar-refractivity contribution in [2.24, 2.45) is 0 Å². The zero-order chi connectivity index (χ0) is 20.4. The van der Waals surface area contributed by atoms with Crippen molar-refractivity contribution in [2.45, 2.75) is 45.9 Å². The van der Waals surface area contributed by atoms with Gasteiger partial charge in [-0.05, 0) is 40.7 Å². The number of carbonyl (C=O) groups excluding carboxylic acids is 1. The Bertz CT molecular complexity index is 990. The Balaban J connectivity index is 1.70. The number of aryl methyl sites for hydroxylation is 3. The number of hydrogen-bond acceptors (Lipinski definition) is 8. The molecule has 150 valence electrons. The van der Waals surface area contributed by atoms with Gasteiger partial charge in [-0.1, -0.05) is 11.8 Å². The van der Waals surface area contributed by atoms with Crippen molar-refractivity contribution in [1.29, 1.82) is 0 Å². The molecule has 0 aliphatic rings. The molecule has 3 aromatic heterocycles. The standard InChI is InChI=1S/C19H24N4O3S2/c1-10-7-15(13(4)23(10)11(2)8-25-6)16(24)9-27-19-22-21-18(26-19)17-12(3)20-14(5)28-17/h7,11H,8-9H2,1-6H3. The number of Topliss-reactive ketones (excluding diaryl/α,β-unsaturated/α-hetero) is 1. The van der Waals surface area contributed by atoms with Crippen LogP contribution in [0.5, 0.6) is 0 Å². The van der Waals surface area contributed by atoms with Gasteiger partial charge in [0.2, 0.25) is 0 Å². The maximum absolute atomic E-state index is 12.8. The van der Waals surface area contributed by atoms with E-state index in [9.17, 15) is 4.79 Å². The third kappa shape index (κ3) is 4.21. The molecule has 9 heteroatoms. The molecule has 1 unspecified atom stereocenters. The summed E-state index contributed by atoms with van der Waals surface area (Å²) in [5.74, 6) is 0.730. The number of methoxy groups -OCH3 is 1. The third-order valence-electron chi connectivity index (χ3n) is 4.46. The molecule has 0 aromatic carbocycles. The van der Waals surface area contributed by atoms with E-state index in [4.69, 9.17) is 9.15 Å². The maximum Gasteiger partial charge on any atom is 0.277 e. The summed E-state index contributed by atoms with van der Waals surface area (Å²) in [7, 11) is 1.68. The third-order valence-corrected chi connectivity index (χ3v) is 6.34. The molecule has 28 heavy (non-hydrogen) atoms. The second-order valence-electron chi connectivity index (χ2n) is 6.69. The summed E-state index contributed by atoms with van der Waals surface area (Å²) < 4.78 is 13.1.